The van der Waals surface area contributed by atoms with Crippen molar-refractivity contribution >= 4 is 5.91 Å². The first kappa shape index (κ1) is 28.3. The molecule has 0 bridgehead atoms. The summed E-state index contributed by atoms with van der Waals surface area (Å²) in [7, 11) is 0. The Bertz CT molecular complexity index is 613. The van der Waals surface area contributed by atoms with Gasteiger partial charge in [0, 0.05) is 31.3 Å². The Morgan fingerprint density at radius 1 is 1.00 bits per heavy atom. The first-order valence-corrected chi connectivity index (χ1v) is 11.7. The van der Waals surface area contributed by atoms with Crippen LogP contribution in [0.2, 0.25) is 0 Å². The summed E-state index contributed by atoms with van der Waals surface area (Å²) in [6.45, 7) is 12.8. The van der Waals surface area contributed by atoms with E-state index >= 15 is 0 Å². The highest BCUT2D eigenvalue weighted by Gasteiger charge is 2.08. The molecule has 1 amide bonds. The fraction of sp³-hybridized carbons (Fsp3) is 0.708. The van der Waals surface area contributed by atoms with Gasteiger partial charge in [-0.3, -0.25) is 4.79 Å². The van der Waals surface area contributed by atoms with Gasteiger partial charge >= 0.3 is 0 Å². The number of carbonyl (C=O) groups is 1. The molecule has 0 fully saturated rings. The topological polar surface area (TPSA) is 104 Å². The number of nitrogens with one attached hydrogen (secondary N) is 2. The summed E-state index contributed by atoms with van der Waals surface area (Å²) in [5.74, 6) is 1.15. The van der Waals surface area contributed by atoms with Crippen molar-refractivity contribution in [3.8, 4) is 5.75 Å². The van der Waals surface area contributed by atoms with Gasteiger partial charge in [0.05, 0.1) is 26.4 Å². The van der Waals surface area contributed by atoms with Gasteiger partial charge in [-0.05, 0) is 37.0 Å². The predicted octanol–water partition coefficient (Wildman–Crippen LogP) is 2.56. The third-order valence-electron chi connectivity index (χ3n) is 4.48. The van der Waals surface area contributed by atoms with Crippen molar-refractivity contribution in [3.05, 3.63) is 29.8 Å². The maximum atomic E-state index is 12.2. The average Bonchev–Trinajstić information content (AvgIpc) is 2.76. The molecule has 0 heterocycles. The molecule has 8 nitrogen and oxygen atoms in total. The van der Waals surface area contributed by atoms with Gasteiger partial charge in [0.15, 0.2) is 0 Å². The number of rotatable bonds is 19. The fourth-order valence-electron chi connectivity index (χ4n) is 2.77. The number of amides is 1. The minimum atomic E-state index is -0.578. The van der Waals surface area contributed by atoms with E-state index in [2.05, 4.69) is 38.3 Å². The zero-order chi connectivity index (χ0) is 23.6. The maximum Gasteiger partial charge on any atom is 0.251 e. The molecule has 1 rings (SSSR count). The minimum absolute atomic E-state index is 0.136. The molecule has 184 valence electrons. The van der Waals surface area contributed by atoms with E-state index in [9.17, 15) is 4.79 Å². The second-order valence-corrected chi connectivity index (χ2v) is 8.37. The smallest absolute Gasteiger partial charge is 0.251 e. The molecule has 0 spiro atoms. The van der Waals surface area contributed by atoms with E-state index in [0.29, 0.717) is 56.2 Å². The van der Waals surface area contributed by atoms with Gasteiger partial charge in [-0.15, -0.1) is 0 Å². The van der Waals surface area contributed by atoms with Crippen LogP contribution in [0.25, 0.3) is 0 Å². The monoisotopic (exact) mass is 453 g/mol. The number of hydrogen-bond donors (Lipinski definition) is 3. The maximum absolute atomic E-state index is 12.2. The Balaban J connectivity index is 2.11. The van der Waals surface area contributed by atoms with Crippen LogP contribution >= 0.6 is 0 Å². The summed E-state index contributed by atoms with van der Waals surface area (Å²) >= 11 is 0. The minimum Gasteiger partial charge on any atom is -0.489 e. The van der Waals surface area contributed by atoms with Crippen LogP contribution in [-0.4, -0.2) is 70.9 Å². The summed E-state index contributed by atoms with van der Waals surface area (Å²) in [4.78, 5) is 12.2. The molecular weight excluding hydrogens is 410 g/mol. The molecule has 32 heavy (non-hydrogen) atoms. The number of carbonyl (C=O) groups excluding carboxylic acids is 1. The van der Waals surface area contributed by atoms with Crippen molar-refractivity contribution in [2.24, 2.45) is 11.7 Å². The van der Waals surface area contributed by atoms with Crippen molar-refractivity contribution < 1.29 is 23.7 Å². The molecule has 0 radical (unpaired) electrons. The van der Waals surface area contributed by atoms with E-state index < -0.39 is 6.23 Å². The first-order chi connectivity index (χ1) is 15.4. The van der Waals surface area contributed by atoms with Crippen molar-refractivity contribution in [2.75, 3.05) is 52.7 Å². The molecule has 4 N–H and O–H groups in total. The normalized spacial score (nSPS) is 12.3. The Labute approximate surface area is 193 Å². The van der Waals surface area contributed by atoms with Crippen LogP contribution in [0.5, 0.6) is 5.75 Å². The number of benzene rings is 1. The molecule has 0 aliphatic heterocycles. The SMILES string of the molecule is CC(C)CCCOCCOCCOC(N)COc1cccc(C(=O)NCCNC(C)C)c1. The second-order valence-electron chi connectivity index (χ2n) is 8.37. The van der Waals surface area contributed by atoms with Crippen LogP contribution in [0, 0.1) is 5.92 Å². The van der Waals surface area contributed by atoms with Gasteiger partial charge in [-0.25, -0.2) is 0 Å². The number of hydrogen-bond acceptors (Lipinski definition) is 7. The van der Waals surface area contributed by atoms with Crippen molar-refractivity contribution in [3.63, 3.8) is 0 Å². The van der Waals surface area contributed by atoms with E-state index in [1.807, 2.05) is 0 Å². The third-order valence-corrected chi connectivity index (χ3v) is 4.48. The lowest BCUT2D eigenvalue weighted by Gasteiger charge is -2.15. The van der Waals surface area contributed by atoms with Gasteiger partial charge in [-0.1, -0.05) is 33.8 Å². The van der Waals surface area contributed by atoms with Crippen molar-refractivity contribution in [1.29, 1.82) is 0 Å². The second kappa shape index (κ2) is 17.8. The summed E-state index contributed by atoms with van der Waals surface area (Å²) in [6, 6.07) is 7.40. The standard InChI is InChI=1S/C24H43N3O5/c1-19(2)7-6-12-29-13-14-30-15-16-31-23(25)18-32-22-9-5-8-21(17-22)24(28)27-11-10-26-20(3)4/h5,8-9,17,19-20,23,26H,6-7,10-16,18,25H2,1-4H3,(H,27,28). The average molecular weight is 454 g/mol. The summed E-state index contributed by atoms with van der Waals surface area (Å²) < 4.78 is 22.2. The van der Waals surface area contributed by atoms with Gasteiger partial charge in [0.2, 0.25) is 0 Å². The molecule has 0 aliphatic rings. The zero-order valence-electron chi connectivity index (χ0n) is 20.2. The van der Waals surface area contributed by atoms with Crippen LogP contribution in [0.3, 0.4) is 0 Å². The highest BCUT2D eigenvalue weighted by molar-refractivity contribution is 5.94. The summed E-state index contributed by atoms with van der Waals surface area (Å²) in [6.07, 6.45) is 1.69. The van der Waals surface area contributed by atoms with E-state index in [1.54, 1.807) is 24.3 Å². The molecule has 0 aliphatic carbocycles. The van der Waals surface area contributed by atoms with Crippen molar-refractivity contribution in [1.82, 2.24) is 10.6 Å². The number of ether oxygens (including phenoxy) is 4. The lowest BCUT2D eigenvalue weighted by Crippen LogP contribution is -2.34. The summed E-state index contributed by atoms with van der Waals surface area (Å²) in [5, 5.41) is 6.14. The van der Waals surface area contributed by atoms with Crippen LogP contribution in [-0.2, 0) is 14.2 Å². The van der Waals surface area contributed by atoms with Crippen LogP contribution in [0.4, 0.5) is 0 Å². The van der Waals surface area contributed by atoms with Gasteiger partial charge < -0.3 is 35.3 Å². The van der Waals surface area contributed by atoms with Gasteiger partial charge in [0.25, 0.3) is 5.91 Å². The molecule has 1 aromatic carbocycles. The van der Waals surface area contributed by atoms with E-state index in [4.69, 9.17) is 24.7 Å². The molecule has 1 unspecified atom stereocenters. The predicted molar refractivity (Wildman–Crippen MR) is 127 cm³/mol. The van der Waals surface area contributed by atoms with Crippen LogP contribution in [0.15, 0.2) is 24.3 Å². The lowest BCUT2D eigenvalue weighted by molar-refractivity contribution is -0.0228. The van der Waals surface area contributed by atoms with Gasteiger partial charge in [-0.2, -0.15) is 0 Å². The Kier molecular flexibility index (Phi) is 15.8. The molecular formula is C24H43N3O5. The Morgan fingerprint density at radius 2 is 1.72 bits per heavy atom. The molecule has 0 aromatic heterocycles. The molecule has 0 saturated heterocycles. The van der Waals surface area contributed by atoms with Crippen LogP contribution in [0.1, 0.15) is 50.9 Å². The van der Waals surface area contributed by atoms with Crippen LogP contribution < -0.4 is 21.1 Å². The molecule has 0 saturated carbocycles. The molecule has 1 atom stereocenters. The van der Waals surface area contributed by atoms with E-state index in [0.717, 1.165) is 19.6 Å². The lowest BCUT2D eigenvalue weighted by atomic mass is 10.1. The molecule has 1 aromatic rings. The Morgan fingerprint density at radius 3 is 2.44 bits per heavy atom. The number of nitrogens with two attached hydrogens (primary N) is 1. The fourth-order valence-corrected chi connectivity index (χ4v) is 2.77. The summed E-state index contributed by atoms with van der Waals surface area (Å²) in [5.41, 5.74) is 6.47. The van der Waals surface area contributed by atoms with Crippen molar-refractivity contribution in [2.45, 2.75) is 52.8 Å². The van der Waals surface area contributed by atoms with E-state index in [-0.39, 0.29) is 12.5 Å². The highest BCUT2D eigenvalue weighted by atomic mass is 16.6. The van der Waals surface area contributed by atoms with Gasteiger partial charge in [0.1, 0.15) is 18.6 Å². The largest absolute Gasteiger partial charge is 0.489 e. The quantitative estimate of drug-likeness (QED) is 0.218. The first-order valence-electron chi connectivity index (χ1n) is 11.7. The Hall–Kier alpha value is -1.71. The third kappa shape index (κ3) is 15.2. The highest BCUT2D eigenvalue weighted by Crippen LogP contribution is 2.13. The zero-order valence-corrected chi connectivity index (χ0v) is 20.2. The molecule has 8 heteroatoms. The van der Waals surface area contributed by atoms with E-state index in [1.165, 1.54) is 6.42 Å².